The fourth-order valence-electron chi connectivity index (χ4n) is 5.07. The summed E-state index contributed by atoms with van der Waals surface area (Å²) >= 11 is 0. The Labute approximate surface area is 289 Å². The van der Waals surface area contributed by atoms with Gasteiger partial charge >= 0.3 is 0 Å². The first kappa shape index (κ1) is 45.7. The van der Waals surface area contributed by atoms with Gasteiger partial charge in [-0.3, -0.25) is 9.36 Å². The Balaban J connectivity index is 4.52. The molecule has 0 fully saturated rings. The van der Waals surface area contributed by atoms with Crippen LogP contribution in [0.3, 0.4) is 0 Å². The third-order valence-electron chi connectivity index (χ3n) is 8.09. The van der Waals surface area contributed by atoms with E-state index in [0.29, 0.717) is 17.4 Å². The minimum atomic E-state index is -4.58. The quantitative estimate of drug-likeness (QED) is 0.0309. The maximum Gasteiger partial charge on any atom is 0.268 e. The van der Waals surface area contributed by atoms with Gasteiger partial charge in [0.25, 0.3) is 7.82 Å². The molecule has 0 aliphatic heterocycles. The number of hydrogen-bond acceptors (Lipinski definition) is 6. The van der Waals surface area contributed by atoms with E-state index in [9.17, 15) is 19.4 Å². The maximum atomic E-state index is 12.7. The fourth-order valence-corrected chi connectivity index (χ4v) is 5.79. The molecule has 0 rings (SSSR count). The molecular formula is C38H73N2O6P. The van der Waals surface area contributed by atoms with Gasteiger partial charge in [0.1, 0.15) is 13.2 Å². The minimum Gasteiger partial charge on any atom is -0.756 e. The summed E-state index contributed by atoms with van der Waals surface area (Å²) in [5, 5.41) is 13.6. The molecule has 0 aliphatic rings. The van der Waals surface area contributed by atoms with Gasteiger partial charge < -0.3 is 28.8 Å². The number of carbonyl (C=O) groups excluding carboxylic acids is 1. The number of likely N-dealkylation sites (N-methyl/N-ethyl adjacent to an activating group) is 1. The highest BCUT2D eigenvalue weighted by molar-refractivity contribution is 7.45. The molecule has 3 unspecified atom stereocenters. The third-order valence-corrected chi connectivity index (χ3v) is 9.06. The molecule has 0 aromatic rings. The number of allylic oxidation sites excluding steroid dienone is 5. The van der Waals surface area contributed by atoms with Gasteiger partial charge in [0.2, 0.25) is 5.91 Å². The van der Waals surface area contributed by atoms with E-state index in [0.717, 1.165) is 51.4 Å². The molecule has 0 bridgehead atoms. The molecule has 0 aromatic carbocycles. The number of nitrogens with one attached hydrogen (secondary N) is 1. The normalized spacial score (nSPS) is 15.1. The Morgan fingerprint density at radius 1 is 0.745 bits per heavy atom. The van der Waals surface area contributed by atoms with Crippen LogP contribution in [-0.4, -0.2) is 68.5 Å². The summed E-state index contributed by atoms with van der Waals surface area (Å²) in [6.07, 6.45) is 34.8. The molecule has 0 saturated carbocycles. The van der Waals surface area contributed by atoms with E-state index in [-0.39, 0.29) is 12.5 Å². The topological polar surface area (TPSA) is 108 Å². The van der Waals surface area contributed by atoms with Crippen LogP contribution in [0.1, 0.15) is 149 Å². The summed E-state index contributed by atoms with van der Waals surface area (Å²) < 4.78 is 23.0. The average Bonchev–Trinajstić information content (AvgIpc) is 3.01. The van der Waals surface area contributed by atoms with E-state index in [1.807, 2.05) is 27.2 Å². The highest BCUT2D eigenvalue weighted by atomic mass is 31.2. The summed E-state index contributed by atoms with van der Waals surface area (Å²) in [5.74, 6) is -0.215. The number of carbonyl (C=O) groups is 1. The lowest BCUT2D eigenvalue weighted by atomic mass is 10.0. The third kappa shape index (κ3) is 33.0. The van der Waals surface area contributed by atoms with Crippen LogP contribution in [0.25, 0.3) is 0 Å². The lowest BCUT2D eigenvalue weighted by Crippen LogP contribution is -2.45. The van der Waals surface area contributed by atoms with Gasteiger partial charge in [0, 0.05) is 6.42 Å². The van der Waals surface area contributed by atoms with Crippen molar-refractivity contribution in [2.75, 3.05) is 40.9 Å². The summed E-state index contributed by atoms with van der Waals surface area (Å²) in [6.45, 7) is 4.47. The summed E-state index contributed by atoms with van der Waals surface area (Å²) in [7, 11) is 1.23. The van der Waals surface area contributed by atoms with Gasteiger partial charge in [0.15, 0.2) is 0 Å². The lowest BCUT2D eigenvalue weighted by Gasteiger charge is -2.29. The zero-order valence-corrected chi connectivity index (χ0v) is 31.9. The smallest absolute Gasteiger partial charge is 0.268 e. The number of phosphoric acid groups is 1. The molecule has 0 aromatic heterocycles. The van der Waals surface area contributed by atoms with Crippen LogP contribution in [-0.2, 0) is 18.4 Å². The molecule has 0 radical (unpaired) electrons. The second-order valence-electron chi connectivity index (χ2n) is 13.9. The molecule has 9 heteroatoms. The first-order valence-electron chi connectivity index (χ1n) is 18.9. The maximum absolute atomic E-state index is 12.7. The van der Waals surface area contributed by atoms with Crippen LogP contribution in [0.4, 0.5) is 0 Å². The largest absolute Gasteiger partial charge is 0.756 e. The highest BCUT2D eigenvalue weighted by Gasteiger charge is 2.23. The van der Waals surface area contributed by atoms with Crippen LogP contribution in [0, 0.1) is 0 Å². The number of quaternary nitrogens is 1. The van der Waals surface area contributed by atoms with Crippen molar-refractivity contribution in [1.82, 2.24) is 5.32 Å². The van der Waals surface area contributed by atoms with Crippen molar-refractivity contribution >= 4 is 13.7 Å². The van der Waals surface area contributed by atoms with Crippen molar-refractivity contribution in [2.24, 2.45) is 0 Å². The Morgan fingerprint density at radius 3 is 1.70 bits per heavy atom. The number of phosphoric ester groups is 1. The highest BCUT2D eigenvalue weighted by Crippen LogP contribution is 2.38. The van der Waals surface area contributed by atoms with Gasteiger partial charge in [0.05, 0.1) is 39.9 Å². The van der Waals surface area contributed by atoms with Crippen molar-refractivity contribution in [3.63, 3.8) is 0 Å². The zero-order chi connectivity index (χ0) is 35.1. The van der Waals surface area contributed by atoms with Crippen molar-refractivity contribution in [3.05, 3.63) is 36.5 Å². The number of hydrogen-bond donors (Lipinski definition) is 2. The Kier molecular flexibility index (Phi) is 29.9. The van der Waals surface area contributed by atoms with E-state index in [1.54, 1.807) is 6.08 Å². The van der Waals surface area contributed by atoms with Crippen LogP contribution < -0.4 is 10.2 Å². The molecule has 2 N–H and O–H groups in total. The first-order chi connectivity index (χ1) is 22.5. The predicted octanol–water partition coefficient (Wildman–Crippen LogP) is 8.94. The first-order valence-corrected chi connectivity index (χ1v) is 20.3. The van der Waals surface area contributed by atoms with Crippen LogP contribution >= 0.6 is 7.82 Å². The Bertz CT molecular complexity index is 871. The van der Waals surface area contributed by atoms with Crippen LogP contribution in [0.2, 0.25) is 0 Å². The molecule has 0 aliphatic carbocycles. The molecule has 47 heavy (non-hydrogen) atoms. The monoisotopic (exact) mass is 685 g/mol. The van der Waals surface area contributed by atoms with Gasteiger partial charge in [-0.1, -0.05) is 140 Å². The van der Waals surface area contributed by atoms with Crippen molar-refractivity contribution in [1.29, 1.82) is 0 Å². The van der Waals surface area contributed by atoms with Crippen molar-refractivity contribution < 1.29 is 32.9 Å². The van der Waals surface area contributed by atoms with E-state index >= 15 is 0 Å². The van der Waals surface area contributed by atoms with Crippen LogP contribution in [0.5, 0.6) is 0 Å². The SMILES string of the molecule is CC/C=C/CC/C=C/CC/C=C/C(O)C(COP(=O)([O-])OCC[N+](C)(C)C)NC(=O)CCCCCCCCCCCCCCCCC. The Morgan fingerprint density at radius 2 is 1.21 bits per heavy atom. The minimum absolute atomic E-state index is 0.00857. The van der Waals surface area contributed by atoms with Gasteiger partial charge in [-0.25, -0.2) is 0 Å². The van der Waals surface area contributed by atoms with E-state index in [4.69, 9.17) is 9.05 Å². The van der Waals surface area contributed by atoms with Gasteiger partial charge in [-0.15, -0.1) is 0 Å². The number of aliphatic hydroxyl groups excluding tert-OH is 1. The number of amides is 1. The summed E-state index contributed by atoms with van der Waals surface area (Å²) in [6, 6.07) is -0.903. The van der Waals surface area contributed by atoms with Crippen LogP contribution in [0.15, 0.2) is 36.5 Å². The average molecular weight is 685 g/mol. The lowest BCUT2D eigenvalue weighted by molar-refractivity contribution is -0.870. The summed E-state index contributed by atoms with van der Waals surface area (Å²) in [4.78, 5) is 25.1. The van der Waals surface area contributed by atoms with Gasteiger partial charge in [-0.2, -0.15) is 0 Å². The van der Waals surface area contributed by atoms with Crippen molar-refractivity contribution in [3.8, 4) is 0 Å². The van der Waals surface area contributed by atoms with E-state index in [2.05, 4.69) is 43.5 Å². The predicted molar refractivity (Wildman–Crippen MR) is 196 cm³/mol. The van der Waals surface area contributed by atoms with E-state index in [1.165, 1.54) is 77.0 Å². The Hall–Kier alpha value is -1.28. The molecule has 0 heterocycles. The molecule has 276 valence electrons. The molecule has 0 spiro atoms. The fraction of sp³-hybridized carbons (Fsp3) is 0.816. The number of nitrogens with zero attached hydrogens (tertiary/aromatic N) is 1. The zero-order valence-electron chi connectivity index (χ0n) is 31.0. The molecular weight excluding hydrogens is 611 g/mol. The number of unbranched alkanes of at least 4 members (excludes halogenated alkanes) is 16. The standard InChI is InChI=1S/C38H73N2O6P/c1-6-8-10-12-14-16-18-19-20-21-22-24-26-28-30-32-38(42)39-36(35-46-47(43,44)45-34-33-40(3,4)5)37(41)31-29-27-25-23-17-15-13-11-9-7-2/h9,11,17,23,29,31,36-37,41H,6-8,10,12-16,18-22,24-28,30,32-35H2,1-5H3,(H-,39,42,43,44)/b11-9+,23-17+,31-29+. The molecule has 1 amide bonds. The molecule has 3 atom stereocenters. The van der Waals surface area contributed by atoms with Crippen molar-refractivity contribution in [2.45, 2.75) is 161 Å². The molecule has 8 nitrogen and oxygen atoms in total. The number of rotatable bonds is 33. The molecule has 0 saturated heterocycles. The second kappa shape index (κ2) is 30.8. The van der Waals surface area contributed by atoms with E-state index < -0.39 is 26.6 Å². The van der Waals surface area contributed by atoms with Gasteiger partial charge in [-0.05, 0) is 38.5 Å². The number of aliphatic hydroxyl groups is 1. The summed E-state index contributed by atoms with van der Waals surface area (Å²) in [5.41, 5.74) is 0. The second-order valence-corrected chi connectivity index (χ2v) is 15.3.